The second kappa shape index (κ2) is 5.03. The minimum absolute atomic E-state index is 0.675. The van der Waals surface area contributed by atoms with Crippen LogP contribution in [0.25, 0.3) is 0 Å². The van der Waals surface area contributed by atoms with Gasteiger partial charge in [0.1, 0.15) is 5.75 Å². The van der Waals surface area contributed by atoms with Gasteiger partial charge in [-0.05, 0) is 30.0 Å². The quantitative estimate of drug-likeness (QED) is 0.823. The smallest absolute Gasteiger partial charge is 0.142 e. The van der Waals surface area contributed by atoms with Gasteiger partial charge in [-0.25, -0.2) is 0 Å². The molecule has 0 bridgehead atoms. The van der Waals surface area contributed by atoms with Crippen LogP contribution in [0.1, 0.15) is 10.4 Å². The van der Waals surface area contributed by atoms with Gasteiger partial charge in [-0.15, -0.1) is 11.3 Å². The lowest BCUT2D eigenvalue weighted by Gasteiger charge is -2.09. The first-order valence-corrected chi connectivity index (χ1v) is 6.15. The summed E-state index contributed by atoms with van der Waals surface area (Å²) in [6.07, 6.45) is 0.936. The van der Waals surface area contributed by atoms with Crippen molar-refractivity contribution in [1.82, 2.24) is 0 Å². The number of thiophene rings is 1. The predicted molar refractivity (Wildman–Crippen MR) is 69.1 cm³/mol. The van der Waals surface area contributed by atoms with Gasteiger partial charge >= 0.3 is 0 Å². The third-order valence-corrected chi connectivity index (χ3v) is 3.41. The highest BCUT2D eigenvalue weighted by molar-refractivity contribution is 7.09. The van der Waals surface area contributed by atoms with Crippen molar-refractivity contribution < 1.29 is 4.74 Å². The number of para-hydroxylation sites is 1. The van der Waals surface area contributed by atoms with Gasteiger partial charge in [-0.1, -0.05) is 18.2 Å². The molecular formula is C13H15NOS. The summed E-state index contributed by atoms with van der Waals surface area (Å²) in [5.41, 5.74) is 7.73. The van der Waals surface area contributed by atoms with Gasteiger partial charge in [0.15, 0.2) is 0 Å². The Morgan fingerprint density at radius 2 is 2.12 bits per heavy atom. The molecule has 0 saturated carbocycles. The molecular weight excluding hydrogens is 218 g/mol. The fourth-order valence-electron chi connectivity index (χ4n) is 1.50. The maximum atomic E-state index is 5.92. The van der Waals surface area contributed by atoms with Gasteiger partial charge in [-0.3, -0.25) is 0 Å². The highest BCUT2D eigenvalue weighted by Gasteiger charge is 2.02. The number of nitrogens with two attached hydrogens (primary N) is 1. The Morgan fingerprint density at radius 3 is 2.88 bits per heavy atom. The monoisotopic (exact) mass is 233 g/mol. The van der Waals surface area contributed by atoms with Crippen molar-refractivity contribution in [2.75, 3.05) is 12.3 Å². The van der Waals surface area contributed by atoms with Crippen LogP contribution in [0.2, 0.25) is 0 Å². The van der Waals surface area contributed by atoms with Crippen molar-refractivity contribution in [3.8, 4) is 5.75 Å². The van der Waals surface area contributed by atoms with Crippen molar-refractivity contribution in [2.45, 2.75) is 13.3 Å². The minimum atomic E-state index is 0.675. The minimum Gasteiger partial charge on any atom is -0.491 e. The molecule has 0 unspecified atom stereocenters. The Balaban J connectivity index is 1.92. The first-order chi connectivity index (χ1) is 7.77. The maximum Gasteiger partial charge on any atom is 0.142 e. The molecule has 3 heteroatoms. The van der Waals surface area contributed by atoms with Gasteiger partial charge in [0.25, 0.3) is 0 Å². The Labute approximate surface area is 99.7 Å². The van der Waals surface area contributed by atoms with Gasteiger partial charge < -0.3 is 10.5 Å². The number of ether oxygens (including phenoxy) is 1. The van der Waals surface area contributed by atoms with E-state index in [2.05, 4.69) is 17.5 Å². The Morgan fingerprint density at radius 1 is 1.25 bits per heavy atom. The molecule has 16 heavy (non-hydrogen) atoms. The van der Waals surface area contributed by atoms with Crippen molar-refractivity contribution in [3.05, 3.63) is 46.2 Å². The van der Waals surface area contributed by atoms with Crippen LogP contribution >= 0.6 is 11.3 Å². The summed E-state index contributed by atoms with van der Waals surface area (Å²) in [5, 5.41) is 2.08. The normalized spacial score (nSPS) is 10.3. The third-order valence-electron chi connectivity index (χ3n) is 2.47. The summed E-state index contributed by atoms with van der Waals surface area (Å²) in [4.78, 5) is 1.34. The topological polar surface area (TPSA) is 35.2 Å². The number of aryl methyl sites for hydroxylation is 1. The molecule has 1 aromatic carbocycles. The summed E-state index contributed by atoms with van der Waals surface area (Å²) >= 11 is 1.75. The maximum absolute atomic E-state index is 5.92. The Hall–Kier alpha value is -1.48. The van der Waals surface area contributed by atoms with Crippen LogP contribution in [0.4, 0.5) is 5.69 Å². The largest absolute Gasteiger partial charge is 0.491 e. The van der Waals surface area contributed by atoms with Crippen LogP contribution in [0.3, 0.4) is 0 Å². The summed E-state index contributed by atoms with van der Waals surface area (Å²) in [6.45, 7) is 2.66. The van der Waals surface area contributed by atoms with E-state index in [0.29, 0.717) is 6.61 Å². The van der Waals surface area contributed by atoms with Gasteiger partial charge in [0.2, 0.25) is 0 Å². The molecule has 2 nitrogen and oxygen atoms in total. The number of anilines is 1. The zero-order chi connectivity index (χ0) is 11.4. The molecule has 2 aromatic rings. The summed E-state index contributed by atoms with van der Waals surface area (Å²) < 4.78 is 5.67. The molecule has 1 heterocycles. The molecule has 2 N–H and O–H groups in total. The van der Waals surface area contributed by atoms with E-state index in [9.17, 15) is 0 Å². The van der Waals surface area contributed by atoms with Crippen molar-refractivity contribution in [1.29, 1.82) is 0 Å². The average Bonchev–Trinajstić information content (AvgIpc) is 2.77. The molecule has 0 saturated heterocycles. The highest BCUT2D eigenvalue weighted by Crippen LogP contribution is 2.24. The van der Waals surface area contributed by atoms with Crippen molar-refractivity contribution >= 4 is 17.0 Å². The van der Waals surface area contributed by atoms with Crippen LogP contribution in [0.5, 0.6) is 5.75 Å². The van der Waals surface area contributed by atoms with Crippen LogP contribution in [0.15, 0.2) is 35.7 Å². The SMILES string of the molecule is Cc1cccc(OCCc2cccs2)c1N. The van der Waals surface area contributed by atoms with E-state index in [1.165, 1.54) is 4.88 Å². The van der Waals surface area contributed by atoms with E-state index in [1.54, 1.807) is 11.3 Å². The highest BCUT2D eigenvalue weighted by atomic mass is 32.1. The number of rotatable bonds is 4. The Bertz CT molecular complexity index is 451. The predicted octanol–water partition coefficient (Wildman–Crippen LogP) is 3.26. The summed E-state index contributed by atoms with van der Waals surface area (Å²) in [6, 6.07) is 10.0. The fraction of sp³-hybridized carbons (Fsp3) is 0.231. The van der Waals surface area contributed by atoms with Crippen molar-refractivity contribution in [2.24, 2.45) is 0 Å². The number of hydrogen-bond acceptors (Lipinski definition) is 3. The lowest BCUT2D eigenvalue weighted by atomic mass is 10.2. The summed E-state index contributed by atoms with van der Waals surface area (Å²) in [5.74, 6) is 0.788. The second-order valence-electron chi connectivity index (χ2n) is 3.66. The van der Waals surface area contributed by atoms with E-state index in [1.807, 2.05) is 25.1 Å². The molecule has 0 aliphatic heterocycles. The third kappa shape index (κ3) is 2.55. The van der Waals surface area contributed by atoms with Crippen molar-refractivity contribution in [3.63, 3.8) is 0 Å². The van der Waals surface area contributed by atoms with Crippen LogP contribution in [0, 0.1) is 6.92 Å². The standard InChI is InChI=1S/C13H15NOS/c1-10-4-2-6-12(13(10)14)15-8-7-11-5-3-9-16-11/h2-6,9H,7-8,14H2,1H3. The molecule has 0 aliphatic rings. The van der Waals surface area contributed by atoms with E-state index in [0.717, 1.165) is 23.4 Å². The van der Waals surface area contributed by atoms with Crippen LogP contribution < -0.4 is 10.5 Å². The van der Waals surface area contributed by atoms with E-state index >= 15 is 0 Å². The molecule has 0 fully saturated rings. The molecule has 2 rings (SSSR count). The summed E-state index contributed by atoms with van der Waals surface area (Å²) in [7, 11) is 0. The second-order valence-corrected chi connectivity index (χ2v) is 4.70. The molecule has 0 radical (unpaired) electrons. The molecule has 84 valence electrons. The first-order valence-electron chi connectivity index (χ1n) is 5.27. The molecule has 0 amide bonds. The van der Waals surface area contributed by atoms with Gasteiger partial charge in [0.05, 0.1) is 12.3 Å². The van der Waals surface area contributed by atoms with Gasteiger partial charge in [0, 0.05) is 11.3 Å². The molecule has 1 aromatic heterocycles. The van der Waals surface area contributed by atoms with Crippen LogP contribution in [-0.2, 0) is 6.42 Å². The lowest BCUT2D eigenvalue weighted by molar-refractivity contribution is 0.324. The molecule has 0 spiro atoms. The van der Waals surface area contributed by atoms with Gasteiger partial charge in [-0.2, -0.15) is 0 Å². The Kier molecular flexibility index (Phi) is 3.47. The number of hydrogen-bond donors (Lipinski definition) is 1. The lowest BCUT2D eigenvalue weighted by Crippen LogP contribution is -2.03. The van der Waals surface area contributed by atoms with Crippen LogP contribution in [-0.4, -0.2) is 6.61 Å². The average molecular weight is 233 g/mol. The first kappa shape index (κ1) is 11.0. The molecule has 0 aliphatic carbocycles. The number of nitrogen functional groups attached to an aromatic ring is 1. The van der Waals surface area contributed by atoms with E-state index in [-0.39, 0.29) is 0 Å². The zero-order valence-electron chi connectivity index (χ0n) is 9.27. The molecule has 0 atom stereocenters. The number of benzene rings is 1. The zero-order valence-corrected chi connectivity index (χ0v) is 10.1. The van der Waals surface area contributed by atoms with E-state index < -0.39 is 0 Å². The van der Waals surface area contributed by atoms with E-state index in [4.69, 9.17) is 10.5 Å². The fourth-order valence-corrected chi connectivity index (χ4v) is 2.19.